The fourth-order valence-corrected chi connectivity index (χ4v) is 4.56. The molecule has 2 aliphatic heterocycles. The van der Waals surface area contributed by atoms with Gasteiger partial charge in [-0.25, -0.2) is 13.2 Å². The van der Waals surface area contributed by atoms with Crippen LogP contribution in [0, 0.1) is 0 Å². The van der Waals surface area contributed by atoms with Crippen LogP contribution in [-0.2, 0) is 24.3 Å². The van der Waals surface area contributed by atoms with Gasteiger partial charge in [0.1, 0.15) is 6.10 Å². The van der Waals surface area contributed by atoms with Crippen molar-refractivity contribution in [3.8, 4) is 0 Å². The van der Waals surface area contributed by atoms with Crippen LogP contribution >= 0.6 is 0 Å². The van der Waals surface area contributed by atoms with Gasteiger partial charge in [0, 0.05) is 25.7 Å². The Morgan fingerprint density at radius 1 is 1.17 bits per heavy atom. The molecule has 8 nitrogen and oxygen atoms in total. The average Bonchev–Trinajstić information content (AvgIpc) is 2.96. The molecule has 132 valence electrons. The minimum absolute atomic E-state index is 0.0877. The van der Waals surface area contributed by atoms with Crippen LogP contribution in [-0.4, -0.2) is 78.7 Å². The topological polar surface area (TPSA) is 104 Å². The maximum absolute atomic E-state index is 12.4. The molecular formula is C14H24N2O6S. The first-order chi connectivity index (χ1) is 10.7. The summed E-state index contributed by atoms with van der Waals surface area (Å²) in [7, 11) is -3.24. The molecule has 0 aromatic carbocycles. The summed E-state index contributed by atoms with van der Waals surface area (Å²) in [5.41, 5.74) is 0. The number of likely N-dealkylation sites (tertiary alicyclic amines) is 1. The number of aliphatic carboxylic acids is 1. The number of hydrogen-bond donors (Lipinski definition) is 1. The summed E-state index contributed by atoms with van der Waals surface area (Å²) < 4.78 is 30.3. The van der Waals surface area contributed by atoms with Crippen molar-refractivity contribution in [2.75, 3.05) is 25.9 Å². The molecule has 2 fully saturated rings. The highest BCUT2D eigenvalue weighted by molar-refractivity contribution is 7.88. The predicted octanol–water partition coefficient (Wildman–Crippen LogP) is -0.109. The highest BCUT2D eigenvalue weighted by Crippen LogP contribution is 2.24. The number of carbonyl (C=O) groups excluding carboxylic acids is 1. The molecule has 0 aromatic rings. The number of sulfonamides is 1. The Balaban J connectivity index is 1.89. The highest BCUT2D eigenvalue weighted by atomic mass is 32.2. The summed E-state index contributed by atoms with van der Waals surface area (Å²) in [5.74, 6) is -1.22. The van der Waals surface area contributed by atoms with Crippen LogP contribution in [0.2, 0.25) is 0 Å². The molecule has 2 aliphatic rings. The van der Waals surface area contributed by atoms with Gasteiger partial charge in [-0.3, -0.25) is 4.79 Å². The molecule has 9 heteroatoms. The average molecular weight is 348 g/mol. The molecule has 0 unspecified atom stereocenters. The Morgan fingerprint density at radius 3 is 2.17 bits per heavy atom. The first kappa shape index (κ1) is 18.2. The number of piperidine rings is 1. The molecule has 23 heavy (non-hydrogen) atoms. The smallest absolute Gasteiger partial charge is 0.332 e. The molecule has 0 spiro atoms. The van der Waals surface area contributed by atoms with E-state index < -0.39 is 28.2 Å². The predicted molar refractivity (Wildman–Crippen MR) is 82.4 cm³/mol. The molecule has 2 heterocycles. The van der Waals surface area contributed by atoms with Crippen molar-refractivity contribution in [2.45, 2.75) is 50.9 Å². The van der Waals surface area contributed by atoms with E-state index in [1.807, 2.05) is 0 Å². The first-order valence-electron chi connectivity index (χ1n) is 7.88. The molecule has 0 bridgehead atoms. The van der Waals surface area contributed by atoms with E-state index in [0.717, 1.165) is 0 Å². The summed E-state index contributed by atoms with van der Waals surface area (Å²) in [6.07, 6.45) is 1.54. The third-order valence-corrected chi connectivity index (χ3v) is 5.90. The van der Waals surface area contributed by atoms with Gasteiger partial charge in [0.15, 0.2) is 6.10 Å². The van der Waals surface area contributed by atoms with Gasteiger partial charge < -0.3 is 14.7 Å². The normalized spacial score (nSPS) is 26.7. The fraction of sp³-hybridized carbons (Fsp3) is 0.857. The minimum atomic E-state index is -3.24. The van der Waals surface area contributed by atoms with Gasteiger partial charge in [0.25, 0.3) is 5.91 Å². The van der Waals surface area contributed by atoms with Gasteiger partial charge in [-0.15, -0.1) is 0 Å². The van der Waals surface area contributed by atoms with Gasteiger partial charge in [-0.2, -0.15) is 4.31 Å². The zero-order chi connectivity index (χ0) is 17.2. The largest absolute Gasteiger partial charge is 0.479 e. The second-order valence-electron chi connectivity index (χ2n) is 6.05. The van der Waals surface area contributed by atoms with Crippen molar-refractivity contribution < 1.29 is 27.9 Å². The van der Waals surface area contributed by atoms with Crippen LogP contribution in [0.15, 0.2) is 0 Å². The van der Waals surface area contributed by atoms with Crippen molar-refractivity contribution in [1.82, 2.24) is 9.21 Å². The van der Waals surface area contributed by atoms with Crippen LogP contribution in [0.5, 0.6) is 0 Å². The maximum atomic E-state index is 12.4. The molecule has 0 radical (unpaired) electrons. The van der Waals surface area contributed by atoms with Gasteiger partial charge in [-0.05, 0) is 25.7 Å². The third-order valence-electron chi connectivity index (χ3n) is 4.49. The number of carbonyl (C=O) groups is 2. The van der Waals surface area contributed by atoms with Crippen LogP contribution < -0.4 is 0 Å². The second kappa shape index (κ2) is 7.14. The van der Waals surface area contributed by atoms with E-state index in [1.165, 1.54) is 10.6 Å². The van der Waals surface area contributed by atoms with E-state index in [4.69, 9.17) is 9.84 Å². The van der Waals surface area contributed by atoms with E-state index in [2.05, 4.69) is 0 Å². The number of carboxylic acid groups (broad SMARTS) is 1. The van der Waals surface area contributed by atoms with Gasteiger partial charge in [0.05, 0.1) is 6.26 Å². The number of nitrogens with zero attached hydrogens (tertiary/aromatic N) is 2. The Morgan fingerprint density at radius 2 is 1.74 bits per heavy atom. The quantitative estimate of drug-likeness (QED) is 0.743. The monoisotopic (exact) mass is 348 g/mol. The number of rotatable bonds is 5. The second-order valence-corrected chi connectivity index (χ2v) is 7.99. The Hall–Kier alpha value is -1.19. The number of ether oxygens (including phenoxy) is 1. The van der Waals surface area contributed by atoms with Gasteiger partial charge in [0.2, 0.25) is 10.0 Å². The zero-order valence-electron chi connectivity index (χ0n) is 13.5. The number of carboxylic acids is 1. The van der Waals surface area contributed by atoms with E-state index in [1.54, 1.807) is 11.8 Å². The Kier molecular flexibility index (Phi) is 5.64. The van der Waals surface area contributed by atoms with Crippen LogP contribution in [0.25, 0.3) is 0 Å². The van der Waals surface area contributed by atoms with Gasteiger partial charge >= 0.3 is 5.97 Å². The fourth-order valence-electron chi connectivity index (χ4n) is 3.34. The van der Waals surface area contributed by atoms with Crippen LogP contribution in [0.4, 0.5) is 0 Å². The van der Waals surface area contributed by atoms with Crippen molar-refractivity contribution >= 4 is 21.9 Å². The summed E-state index contributed by atoms with van der Waals surface area (Å²) >= 11 is 0. The molecule has 1 amide bonds. The third kappa shape index (κ3) is 4.21. The number of hydrogen-bond acceptors (Lipinski definition) is 5. The summed E-state index contributed by atoms with van der Waals surface area (Å²) in [5, 5.41) is 8.91. The summed E-state index contributed by atoms with van der Waals surface area (Å²) in [6.45, 7) is 3.15. The SMILES string of the molecule is CCN(C1CCN(C(=O)[C@@H]2CC[C@H](C(=O)O)O2)CC1)S(C)(=O)=O. The molecule has 2 atom stereocenters. The minimum Gasteiger partial charge on any atom is -0.479 e. The lowest BCUT2D eigenvalue weighted by molar-refractivity contribution is -0.155. The molecule has 0 aliphatic carbocycles. The first-order valence-corrected chi connectivity index (χ1v) is 9.72. The molecular weight excluding hydrogens is 324 g/mol. The lowest BCUT2D eigenvalue weighted by atomic mass is 10.0. The van der Waals surface area contributed by atoms with E-state index >= 15 is 0 Å². The lowest BCUT2D eigenvalue weighted by Gasteiger charge is -2.37. The maximum Gasteiger partial charge on any atom is 0.332 e. The Labute approximate surface area is 136 Å². The summed E-state index contributed by atoms with van der Waals surface area (Å²) in [6, 6.07) is -0.0877. The van der Waals surface area contributed by atoms with Crippen molar-refractivity contribution in [1.29, 1.82) is 0 Å². The Bertz CT molecular complexity index is 556. The molecule has 1 N–H and O–H groups in total. The molecule has 0 saturated carbocycles. The zero-order valence-corrected chi connectivity index (χ0v) is 14.3. The van der Waals surface area contributed by atoms with Gasteiger partial charge in [-0.1, -0.05) is 6.92 Å². The van der Waals surface area contributed by atoms with Crippen molar-refractivity contribution in [3.63, 3.8) is 0 Å². The van der Waals surface area contributed by atoms with Crippen molar-refractivity contribution in [3.05, 3.63) is 0 Å². The number of amides is 1. The molecule has 0 aromatic heterocycles. The standard InChI is InChI=1S/C14H24N2O6S/c1-3-16(23(2,20)21)10-6-8-15(9-7-10)13(17)11-4-5-12(22-11)14(18)19/h10-12H,3-9H2,1-2H3,(H,18,19)/t11-,12+/m0/s1. The van der Waals surface area contributed by atoms with Crippen LogP contribution in [0.1, 0.15) is 32.6 Å². The van der Waals surface area contributed by atoms with Crippen LogP contribution in [0.3, 0.4) is 0 Å². The summed E-state index contributed by atoms with van der Waals surface area (Å²) in [4.78, 5) is 24.9. The van der Waals surface area contributed by atoms with E-state index in [-0.39, 0.29) is 11.9 Å². The lowest BCUT2D eigenvalue weighted by Crippen LogP contribution is -2.50. The van der Waals surface area contributed by atoms with E-state index in [0.29, 0.717) is 45.3 Å². The van der Waals surface area contributed by atoms with E-state index in [9.17, 15) is 18.0 Å². The van der Waals surface area contributed by atoms with Crippen molar-refractivity contribution in [2.24, 2.45) is 0 Å². The molecule has 2 rings (SSSR count). The molecule has 2 saturated heterocycles. The highest BCUT2D eigenvalue weighted by Gasteiger charge is 2.38.